The number of benzene rings is 1. The van der Waals surface area contributed by atoms with Gasteiger partial charge in [0.25, 0.3) is 5.91 Å². The van der Waals surface area contributed by atoms with E-state index in [0.29, 0.717) is 27.8 Å². The van der Waals surface area contributed by atoms with E-state index in [4.69, 9.17) is 9.88 Å². The molecule has 0 spiro atoms. The number of amides is 1. The van der Waals surface area contributed by atoms with Gasteiger partial charge in [0.2, 0.25) is 10.0 Å². The summed E-state index contributed by atoms with van der Waals surface area (Å²) in [7, 11) is -3.79. The predicted octanol–water partition coefficient (Wildman–Crippen LogP) is 1.81. The van der Waals surface area contributed by atoms with Crippen LogP contribution in [-0.4, -0.2) is 32.5 Å². The molecule has 3 heterocycles. The van der Waals surface area contributed by atoms with Crippen molar-refractivity contribution in [3.63, 3.8) is 0 Å². The summed E-state index contributed by atoms with van der Waals surface area (Å²) in [4.78, 5) is 13.0. The number of fused-ring (bicyclic) bond motifs is 2. The van der Waals surface area contributed by atoms with Crippen molar-refractivity contribution in [2.75, 3.05) is 0 Å². The van der Waals surface area contributed by atoms with Gasteiger partial charge in [-0.15, -0.1) is 0 Å². The van der Waals surface area contributed by atoms with Crippen molar-refractivity contribution in [3.05, 3.63) is 41.3 Å². The number of carbonyl (C=O) groups is 1. The molecule has 4 rings (SSSR count). The molecule has 0 aliphatic carbocycles. The van der Waals surface area contributed by atoms with Crippen LogP contribution in [0, 0.1) is 0 Å². The molecule has 1 aromatic carbocycles. The average Bonchev–Trinajstić information content (AvgIpc) is 3.31. The van der Waals surface area contributed by atoms with Gasteiger partial charge in [-0.3, -0.25) is 4.79 Å². The van der Waals surface area contributed by atoms with Crippen LogP contribution in [0.1, 0.15) is 28.9 Å². The predicted molar refractivity (Wildman–Crippen MR) is 98.0 cm³/mol. The summed E-state index contributed by atoms with van der Waals surface area (Å²) in [5, 5.41) is 12.2. The zero-order valence-electron chi connectivity index (χ0n) is 13.8. The third-order valence-corrected chi connectivity index (χ3v) is 6.65. The van der Waals surface area contributed by atoms with E-state index in [0.717, 1.165) is 12.8 Å². The number of carbonyl (C=O) groups excluding carboxylic acids is 1. The number of thiophene rings is 1. The largest absolute Gasteiger partial charge is 0.447 e. The van der Waals surface area contributed by atoms with E-state index in [1.165, 1.54) is 29.9 Å². The van der Waals surface area contributed by atoms with Crippen LogP contribution in [0.15, 0.2) is 41.3 Å². The second-order valence-electron chi connectivity index (χ2n) is 6.60. The van der Waals surface area contributed by atoms with E-state index in [1.54, 1.807) is 24.3 Å². The summed E-state index contributed by atoms with van der Waals surface area (Å²) in [6, 6.07) is 10.4. The van der Waals surface area contributed by atoms with Crippen LogP contribution in [0.2, 0.25) is 0 Å². The molecule has 2 aliphatic heterocycles. The molecule has 2 fully saturated rings. The topological polar surface area (TPSA) is 111 Å². The number of hydrogen-bond donors (Lipinski definition) is 3. The molecule has 26 heavy (non-hydrogen) atoms. The van der Waals surface area contributed by atoms with E-state index >= 15 is 0 Å². The molecule has 1 aromatic heterocycles. The Hall–Kier alpha value is -1.94. The molecule has 0 saturated carbocycles. The fourth-order valence-electron chi connectivity index (χ4n) is 3.55. The molecule has 9 heteroatoms. The molecular weight excluding hydrogens is 374 g/mol. The lowest BCUT2D eigenvalue weighted by Crippen LogP contribution is -2.42. The highest BCUT2D eigenvalue weighted by molar-refractivity contribution is 7.89. The van der Waals surface area contributed by atoms with Crippen LogP contribution in [0.4, 0.5) is 0 Å². The highest BCUT2D eigenvalue weighted by Crippen LogP contribution is 2.32. The van der Waals surface area contributed by atoms with Crippen LogP contribution in [0.3, 0.4) is 0 Å². The van der Waals surface area contributed by atoms with Gasteiger partial charge >= 0.3 is 0 Å². The van der Waals surface area contributed by atoms with Gasteiger partial charge in [-0.1, -0.05) is 17.4 Å². The van der Waals surface area contributed by atoms with Gasteiger partial charge in [-0.05, 0) is 43.5 Å². The molecule has 2 aliphatic rings. The van der Waals surface area contributed by atoms with Gasteiger partial charge in [0.15, 0.2) is 5.06 Å². The van der Waals surface area contributed by atoms with E-state index < -0.39 is 10.0 Å². The molecule has 1 amide bonds. The quantitative estimate of drug-likeness (QED) is 0.718. The molecule has 2 aromatic rings. The summed E-state index contributed by atoms with van der Waals surface area (Å²) >= 11 is 1.22. The van der Waals surface area contributed by atoms with Crippen molar-refractivity contribution in [1.82, 2.24) is 10.6 Å². The number of hydrogen-bond acceptors (Lipinski definition) is 6. The van der Waals surface area contributed by atoms with Gasteiger partial charge in [0, 0.05) is 24.2 Å². The average molecular weight is 393 g/mol. The Morgan fingerprint density at radius 3 is 2.81 bits per heavy atom. The lowest BCUT2D eigenvalue weighted by Gasteiger charge is -2.20. The van der Waals surface area contributed by atoms with Crippen LogP contribution < -0.4 is 20.5 Å². The highest BCUT2D eigenvalue weighted by atomic mass is 32.2. The van der Waals surface area contributed by atoms with Crippen LogP contribution in [0.5, 0.6) is 10.8 Å². The molecular formula is C17H19N3O4S2. The first-order valence-electron chi connectivity index (χ1n) is 8.36. The standard InChI is InChI=1S/C17H19N3O4S2/c18-26(22,23)12-3-1-2-11(9-12)24-16-7-6-15(25-16)17(21)20-14-8-10-4-5-13(14)19-10/h1-3,6-7,9-10,13-14,19H,4-5,8H2,(H,20,21)(H2,18,22,23)/t10-,13+,14-/m1/s1. The lowest BCUT2D eigenvalue weighted by molar-refractivity contribution is 0.0935. The minimum Gasteiger partial charge on any atom is -0.447 e. The Labute approximate surface area is 155 Å². The molecule has 138 valence electrons. The Balaban J connectivity index is 1.42. The molecule has 4 N–H and O–H groups in total. The van der Waals surface area contributed by atoms with Crippen molar-refractivity contribution >= 4 is 27.3 Å². The Bertz CT molecular complexity index is 941. The minimum absolute atomic E-state index is 0.0201. The van der Waals surface area contributed by atoms with Crippen molar-refractivity contribution < 1.29 is 17.9 Å². The van der Waals surface area contributed by atoms with Crippen molar-refractivity contribution in [3.8, 4) is 10.8 Å². The third kappa shape index (κ3) is 3.61. The van der Waals surface area contributed by atoms with Crippen molar-refractivity contribution in [1.29, 1.82) is 0 Å². The molecule has 3 atom stereocenters. The maximum Gasteiger partial charge on any atom is 0.261 e. The van der Waals surface area contributed by atoms with Gasteiger partial charge in [0.1, 0.15) is 5.75 Å². The second kappa shape index (κ2) is 6.66. The number of rotatable bonds is 5. The normalized spacial score (nSPS) is 24.6. The number of sulfonamides is 1. The summed E-state index contributed by atoms with van der Waals surface area (Å²) in [5.41, 5.74) is 0. The maximum atomic E-state index is 12.4. The summed E-state index contributed by atoms with van der Waals surface area (Å²) in [5.74, 6) is 0.241. The van der Waals surface area contributed by atoms with E-state index in [1.807, 2.05) is 0 Å². The SMILES string of the molecule is NS(=O)(=O)c1cccc(Oc2ccc(C(=O)N[C@@H]3C[C@H]4CC[C@@H]3N4)s2)c1. The third-order valence-electron chi connectivity index (χ3n) is 4.77. The van der Waals surface area contributed by atoms with Crippen LogP contribution in [0.25, 0.3) is 0 Å². The molecule has 0 radical (unpaired) electrons. The smallest absolute Gasteiger partial charge is 0.261 e. The first-order chi connectivity index (χ1) is 12.4. The monoisotopic (exact) mass is 393 g/mol. The Morgan fingerprint density at radius 1 is 1.27 bits per heavy atom. The molecule has 2 bridgehead atoms. The first-order valence-corrected chi connectivity index (χ1v) is 10.7. The van der Waals surface area contributed by atoms with Crippen LogP contribution >= 0.6 is 11.3 Å². The second-order valence-corrected chi connectivity index (χ2v) is 9.21. The number of nitrogens with one attached hydrogen (secondary N) is 2. The van der Waals surface area contributed by atoms with Gasteiger partial charge in [-0.2, -0.15) is 0 Å². The zero-order valence-corrected chi connectivity index (χ0v) is 15.5. The first kappa shape index (κ1) is 17.5. The lowest BCUT2D eigenvalue weighted by atomic mass is 9.95. The zero-order chi connectivity index (χ0) is 18.3. The number of nitrogens with two attached hydrogens (primary N) is 1. The maximum absolute atomic E-state index is 12.4. The summed E-state index contributed by atoms with van der Waals surface area (Å²) < 4.78 is 28.5. The van der Waals surface area contributed by atoms with Crippen molar-refractivity contribution in [2.24, 2.45) is 5.14 Å². The fourth-order valence-corrected chi connectivity index (χ4v) is 4.88. The minimum atomic E-state index is -3.79. The van der Waals surface area contributed by atoms with Gasteiger partial charge in [-0.25, -0.2) is 13.6 Å². The Kier molecular flexibility index (Phi) is 4.47. The molecule has 7 nitrogen and oxygen atoms in total. The van der Waals surface area contributed by atoms with E-state index in [2.05, 4.69) is 10.6 Å². The van der Waals surface area contributed by atoms with Gasteiger partial charge in [0.05, 0.1) is 9.77 Å². The fraction of sp³-hybridized carbons (Fsp3) is 0.353. The van der Waals surface area contributed by atoms with Crippen LogP contribution in [-0.2, 0) is 10.0 Å². The summed E-state index contributed by atoms with van der Waals surface area (Å²) in [6.45, 7) is 0. The summed E-state index contributed by atoms with van der Waals surface area (Å²) in [6.07, 6.45) is 3.27. The van der Waals surface area contributed by atoms with E-state index in [9.17, 15) is 13.2 Å². The Morgan fingerprint density at radius 2 is 2.12 bits per heavy atom. The number of primary sulfonamides is 1. The number of ether oxygens (including phenoxy) is 1. The van der Waals surface area contributed by atoms with Gasteiger partial charge < -0.3 is 15.4 Å². The van der Waals surface area contributed by atoms with Crippen molar-refractivity contribution in [2.45, 2.75) is 42.3 Å². The highest BCUT2D eigenvalue weighted by Gasteiger charge is 2.39. The molecule has 0 unspecified atom stereocenters. The van der Waals surface area contributed by atoms with E-state index in [-0.39, 0.29) is 16.8 Å². The molecule has 2 saturated heterocycles.